The number of nitrogens with zero attached hydrogens (tertiary/aromatic N) is 2. The van der Waals surface area contributed by atoms with E-state index in [0.29, 0.717) is 17.8 Å². The number of ether oxygens (including phenoxy) is 1. The lowest BCUT2D eigenvalue weighted by Gasteiger charge is -2.18. The van der Waals surface area contributed by atoms with E-state index < -0.39 is 18.0 Å². The molecule has 2 aliphatic rings. The van der Waals surface area contributed by atoms with E-state index in [4.69, 9.17) is 4.74 Å². The fourth-order valence-corrected chi connectivity index (χ4v) is 3.05. The van der Waals surface area contributed by atoms with Crippen LogP contribution in [0.1, 0.15) is 19.4 Å². The molecule has 1 aromatic rings. The highest BCUT2D eigenvalue weighted by atomic mass is 19.1. The fourth-order valence-electron chi connectivity index (χ4n) is 3.05. The van der Waals surface area contributed by atoms with E-state index in [1.165, 1.54) is 22.8 Å². The lowest BCUT2D eigenvalue weighted by atomic mass is 10.1. The Morgan fingerprint density at radius 3 is 2.83 bits per heavy atom. The van der Waals surface area contributed by atoms with Gasteiger partial charge in [-0.3, -0.25) is 14.5 Å². The summed E-state index contributed by atoms with van der Waals surface area (Å²) in [6.07, 6.45) is -0.973. The van der Waals surface area contributed by atoms with Crippen LogP contribution in [0.15, 0.2) is 12.1 Å². The molecule has 1 saturated heterocycles. The number of benzene rings is 1. The van der Waals surface area contributed by atoms with Crippen LogP contribution in [-0.2, 0) is 20.7 Å². The summed E-state index contributed by atoms with van der Waals surface area (Å²) in [4.78, 5) is 37.6. The summed E-state index contributed by atoms with van der Waals surface area (Å²) in [7, 11) is 0. The maximum atomic E-state index is 14.5. The molecule has 0 spiro atoms. The van der Waals surface area contributed by atoms with Crippen molar-refractivity contribution in [1.29, 1.82) is 0 Å². The Kier molecular flexibility index (Phi) is 4.13. The molecule has 1 aromatic carbocycles. The van der Waals surface area contributed by atoms with Gasteiger partial charge in [0.1, 0.15) is 11.9 Å². The minimum Gasteiger partial charge on any atom is -0.442 e. The predicted molar refractivity (Wildman–Crippen MR) is 84.4 cm³/mol. The summed E-state index contributed by atoms with van der Waals surface area (Å²) in [6, 6.07) is 2.89. The van der Waals surface area contributed by atoms with Crippen molar-refractivity contribution in [1.82, 2.24) is 5.32 Å². The van der Waals surface area contributed by atoms with E-state index >= 15 is 0 Å². The van der Waals surface area contributed by atoms with Crippen LogP contribution in [0, 0.1) is 5.82 Å². The number of anilines is 2. The monoisotopic (exact) mass is 335 g/mol. The van der Waals surface area contributed by atoms with Gasteiger partial charge < -0.3 is 15.0 Å². The molecule has 3 amide bonds. The molecule has 24 heavy (non-hydrogen) atoms. The van der Waals surface area contributed by atoms with Crippen LogP contribution in [0.5, 0.6) is 0 Å². The molecule has 0 bridgehead atoms. The Balaban J connectivity index is 1.83. The Morgan fingerprint density at radius 2 is 2.17 bits per heavy atom. The number of halogens is 1. The van der Waals surface area contributed by atoms with Gasteiger partial charge in [0.05, 0.1) is 30.9 Å². The number of nitrogens with one attached hydrogen (secondary N) is 1. The molecular weight excluding hydrogens is 317 g/mol. The van der Waals surface area contributed by atoms with Crippen molar-refractivity contribution in [3.05, 3.63) is 23.5 Å². The molecule has 3 rings (SSSR count). The Morgan fingerprint density at radius 1 is 1.42 bits per heavy atom. The highest BCUT2D eigenvalue weighted by Crippen LogP contribution is 2.36. The molecule has 2 aliphatic heterocycles. The van der Waals surface area contributed by atoms with E-state index in [-0.39, 0.29) is 37.0 Å². The lowest BCUT2D eigenvalue weighted by Crippen LogP contribution is -2.33. The van der Waals surface area contributed by atoms with E-state index in [1.807, 2.05) is 0 Å². The van der Waals surface area contributed by atoms with Crippen LogP contribution in [-0.4, -0.2) is 43.6 Å². The summed E-state index contributed by atoms with van der Waals surface area (Å²) in [5, 5.41) is 2.58. The molecule has 1 N–H and O–H groups in total. The second kappa shape index (κ2) is 6.10. The van der Waals surface area contributed by atoms with Gasteiger partial charge in [-0.25, -0.2) is 9.18 Å². The molecule has 0 radical (unpaired) electrons. The second-order valence-corrected chi connectivity index (χ2v) is 5.80. The van der Waals surface area contributed by atoms with Gasteiger partial charge in [0.15, 0.2) is 0 Å². The first-order valence-electron chi connectivity index (χ1n) is 7.76. The van der Waals surface area contributed by atoms with Crippen molar-refractivity contribution < 1.29 is 23.5 Å². The zero-order chi connectivity index (χ0) is 17.4. The predicted octanol–water partition coefficient (Wildman–Crippen LogP) is 1.20. The third kappa shape index (κ3) is 2.79. The van der Waals surface area contributed by atoms with Gasteiger partial charge in [-0.2, -0.15) is 0 Å². The highest BCUT2D eigenvalue weighted by Gasteiger charge is 2.35. The summed E-state index contributed by atoms with van der Waals surface area (Å²) in [6.45, 7) is 3.97. The van der Waals surface area contributed by atoms with Gasteiger partial charge in [0, 0.05) is 13.5 Å². The normalized spacial score (nSPS) is 19.5. The topological polar surface area (TPSA) is 79.0 Å². The number of amides is 3. The molecular formula is C16H18FN3O4. The van der Waals surface area contributed by atoms with Gasteiger partial charge >= 0.3 is 6.09 Å². The Labute approximate surface area is 138 Å². The van der Waals surface area contributed by atoms with E-state index in [1.54, 1.807) is 13.0 Å². The fraction of sp³-hybridized carbons (Fsp3) is 0.438. The van der Waals surface area contributed by atoms with Crippen LogP contribution in [0.4, 0.5) is 20.6 Å². The maximum absolute atomic E-state index is 14.5. The first-order valence-corrected chi connectivity index (χ1v) is 7.76. The van der Waals surface area contributed by atoms with Gasteiger partial charge in [0.2, 0.25) is 11.8 Å². The number of cyclic esters (lactones) is 1. The van der Waals surface area contributed by atoms with Crippen molar-refractivity contribution in [3.63, 3.8) is 0 Å². The maximum Gasteiger partial charge on any atom is 0.414 e. The zero-order valence-corrected chi connectivity index (χ0v) is 13.5. The lowest BCUT2D eigenvalue weighted by molar-refractivity contribution is -0.119. The molecule has 0 saturated carbocycles. The summed E-state index contributed by atoms with van der Waals surface area (Å²) in [5.74, 6) is -0.907. The average Bonchev–Trinajstić information content (AvgIpc) is 3.04. The summed E-state index contributed by atoms with van der Waals surface area (Å²) in [5.41, 5.74) is 1.20. The number of hydrogen-bond donors (Lipinski definition) is 1. The number of rotatable bonds is 4. The standard InChI is InChI=1S/C16H18FN3O4/c1-3-19-14(22)5-10-4-11(6-13(17)15(10)19)20-8-12(24-16(20)23)7-18-9(2)21/h4,6,12H,3,5,7-8H2,1-2H3,(H,18,21)/t12-/m0/s1. The highest BCUT2D eigenvalue weighted by molar-refractivity contribution is 6.02. The van der Waals surface area contributed by atoms with Crippen LogP contribution >= 0.6 is 0 Å². The number of carbonyl (C=O) groups is 3. The van der Waals surface area contributed by atoms with Gasteiger partial charge in [-0.05, 0) is 24.6 Å². The minimum absolute atomic E-state index is 0.117. The minimum atomic E-state index is -0.596. The van der Waals surface area contributed by atoms with Crippen LogP contribution in [0.3, 0.4) is 0 Å². The van der Waals surface area contributed by atoms with Crippen LogP contribution in [0.2, 0.25) is 0 Å². The zero-order valence-electron chi connectivity index (χ0n) is 13.5. The van der Waals surface area contributed by atoms with E-state index in [0.717, 1.165) is 0 Å². The number of fused-ring (bicyclic) bond motifs is 1. The Bertz CT molecular complexity index is 722. The van der Waals surface area contributed by atoms with Crippen molar-refractivity contribution >= 4 is 29.3 Å². The smallest absolute Gasteiger partial charge is 0.414 e. The summed E-state index contributed by atoms with van der Waals surface area (Å²) < 4.78 is 19.6. The van der Waals surface area contributed by atoms with Crippen molar-refractivity contribution in [2.24, 2.45) is 0 Å². The van der Waals surface area contributed by atoms with Crippen LogP contribution in [0.25, 0.3) is 0 Å². The first-order chi connectivity index (χ1) is 11.4. The molecule has 1 fully saturated rings. The third-order valence-electron chi connectivity index (χ3n) is 4.12. The molecule has 8 heteroatoms. The van der Waals surface area contributed by atoms with Gasteiger partial charge in [-0.15, -0.1) is 0 Å². The Hall–Kier alpha value is -2.64. The van der Waals surface area contributed by atoms with Gasteiger partial charge in [-0.1, -0.05) is 0 Å². The molecule has 0 unspecified atom stereocenters. The van der Waals surface area contributed by atoms with E-state index in [2.05, 4.69) is 5.32 Å². The molecule has 7 nitrogen and oxygen atoms in total. The summed E-state index contributed by atoms with van der Waals surface area (Å²) >= 11 is 0. The molecule has 0 aliphatic carbocycles. The van der Waals surface area contributed by atoms with Crippen molar-refractivity contribution in [2.75, 3.05) is 29.4 Å². The van der Waals surface area contributed by atoms with Crippen molar-refractivity contribution in [2.45, 2.75) is 26.4 Å². The third-order valence-corrected chi connectivity index (χ3v) is 4.12. The van der Waals surface area contributed by atoms with E-state index in [9.17, 15) is 18.8 Å². The molecule has 2 heterocycles. The number of likely N-dealkylation sites (N-methyl/N-ethyl adjacent to an activating group) is 1. The largest absolute Gasteiger partial charge is 0.442 e. The van der Waals surface area contributed by atoms with Crippen LogP contribution < -0.4 is 15.1 Å². The van der Waals surface area contributed by atoms with Crippen molar-refractivity contribution in [3.8, 4) is 0 Å². The number of carbonyl (C=O) groups excluding carboxylic acids is 3. The number of hydrogen-bond acceptors (Lipinski definition) is 4. The molecule has 128 valence electrons. The quantitative estimate of drug-likeness (QED) is 0.897. The van der Waals surface area contributed by atoms with Gasteiger partial charge in [0.25, 0.3) is 0 Å². The molecule has 1 atom stereocenters. The molecule has 0 aromatic heterocycles. The SMILES string of the molecule is CCN1C(=O)Cc2cc(N3C[C@H](CNC(C)=O)OC3=O)cc(F)c21. The first kappa shape index (κ1) is 16.2. The second-order valence-electron chi connectivity index (χ2n) is 5.80. The average molecular weight is 335 g/mol.